The molecule has 35 heavy (non-hydrogen) atoms. The molecule has 1 aromatic rings. The first-order valence-electron chi connectivity index (χ1n) is 12.9. The number of aromatic nitrogens is 1. The van der Waals surface area contributed by atoms with E-state index in [4.69, 9.17) is 15.1 Å². The van der Waals surface area contributed by atoms with Crippen LogP contribution in [0.25, 0.3) is 0 Å². The van der Waals surface area contributed by atoms with Gasteiger partial charge in [0.05, 0.1) is 5.41 Å². The van der Waals surface area contributed by atoms with Crippen LogP contribution >= 0.6 is 24.2 Å². The van der Waals surface area contributed by atoms with Gasteiger partial charge in [-0.2, -0.15) is 0 Å². The first kappa shape index (κ1) is 26.6. The SMILES string of the molecule is CC(C)(COc1noc(C(=O)NC2C3CC4CC(C3)CC2C4)c1SC1CCCCC1)C(=O)NN.Cl. The molecular weight excluding hydrogens is 488 g/mol. The summed E-state index contributed by atoms with van der Waals surface area (Å²) < 4.78 is 11.6. The molecule has 0 atom stereocenters. The van der Waals surface area contributed by atoms with E-state index in [1.54, 1.807) is 25.6 Å². The number of hydrogen-bond acceptors (Lipinski definition) is 7. The van der Waals surface area contributed by atoms with Crippen LogP contribution in [0.5, 0.6) is 5.88 Å². The highest BCUT2D eigenvalue weighted by atomic mass is 35.5. The summed E-state index contributed by atoms with van der Waals surface area (Å²) >= 11 is 1.64. The monoisotopic (exact) mass is 526 g/mol. The van der Waals surface area contributed by atoms with Crippen LogP contribution in [-0.2, 0) is 4.79 Å². The number of halogens is 1. The van der Waals surface area contributed by atoms with Gasteiger partial charge < -0.3 is 14.6 Å². The zero-order valence-corrected chi connectivity index (χ0v) is 22.3. The Kier molecular flexibility index (Phi) is 8.28. The summed E-state index contributed by atoms with van der Waals surface area (Å²) in [6.45, 7) is 3.59. The topological polar surface area (TPSA) is 119 Å². The number of hydrazine groups is 1. The van der Waals surface area contributed by atoms with Crippen LogP contribution in [0.4, 0.5) is 0 Å². The molecular formula is C25H39ClN4O4S. The fourth-order valence-corrected chi connectivity index (χ4v) is 8.18. The average molecular weight is 527 g/mol. The van der Waals surface area contributed by atoms with Crippen molar-refractivity contribution in [3.8, 4) is 5.88 Å². The Hall–Kier alpha value is -1.45. The first-order valence-corrected chi connectivity index (χ1v) is 13.8. The molecule has 4 N–H and O–H groups in total. The van der Waals surface area contributed by atoms with Crippen molar-refractivity contribution in [2.24, 2.45) is 34.9 Å². The van der Waals surface area contributed by atoms with Crippen molar-refractivity contribution in [3.05, 3.63) is 5.76 Å². The highest BCUT2D eigenvalue weighted by Gasteiger charge is 2.49. The summed E-state index contributed by atoms with van der Waals surface area (Å²) in [7, 11) is 0. The summed E-state index contributed by atoms with van der Waals surface area (Å²) in [5.41, 5.74) is 1.34. The molecule has 8 nitrogen and oxygen atoms in total. The van der Waals surface area contributed by atoms with Gasteiger partial charge in [-0.1, -0.05) is 19.3 Å². The first-order chi connectivity index (χ1) is 16.3. The molecule has 0 saturated heterocycles. The number of thioether (sulfide) groups is 1. The van der Waals surface area contributed by atoms with Gasteiger partial charge in [0.25, 0.3) is 11.8 Å². The third-order valence-electron chi connectivity index (χ3n) is 8.50. The van der Waals surface area contributed by atoms with Gasteiger partial charge in [0.15, 0.2) is 0 Å². The minimum absolute atomic E-state index is 0. The van der Waals surface area contributed by atoms with Crippen molar-refractivity contribution in [1.82, 2.24) is 15.9 Å². The molecule has 5 saturated carbocycles. The number of carbonyl (C=O) groups is 2. The molecule has 5 fully saturated rings. The number of nitrogens with zero attached hydrogens (tertiary/aromatic N) is 1. The van der Waals surface area contributed by atoms with Gasteiger partial charge in [-0.15, -0.1) is 24.2 Å². The minimum Gasteiger partial charge on any atom is -0.474 e. The van der Waals surface area contributed by atoms with E-state index >= 15 is 0 Å². The molecule has 0 unspecified atom stereocenters. The molecule has 0 radical (unpaired) electrons. The molecule has 5 aliphatic carbocycles. The Morgan fingerprint density at radius 3 is 2.31 bits per heavy atom. The molecule has 5 aliphatic rings. The van der Waals surface area contributed by atoms with E-state index in [9.17, 15) is 9.59 Å². The summed E-state index contributed by atoms with van der Waals surface area (Å²) in [5, 5.41) is 7.89. The average Bonchev–Trinajstić information content (AvgIpc) is 3.22. The smallest absolute Gasteiger partial charge is 0.291 e. The van der Waals surface area contributed by atoms with E-state index in [0.717, 1.165) is 24.7 Å². The molecule has 0 spiro atoms. The zero-order chi connectivity index (χ0) is 23.9. The van der Waals surface area contributed by atoms with Crippen molar-refractivity contribution < 1.29 is 18.8 Å². The number of rotatable bonds is 8. The van der Waals surface area contributed by atoms with Crippen LogP contribution in [-0.4, -0.2) is 34.9 Å². The Morgan fingerprint density at radius 2 is 1.71 bits per heavy atom. The van der Waals surface area contributed by atoms with E-state index in [1.807, 2.05) is 0 Å². The highest BCUT2D eigenvalue weighted by Crippen LogP contribution is 2.54. The molecule has 1 heterocycles. The highest BCUT2D eigenvalue weighted by molar-refractivity contribution is 8.00. The molecule has 1 aromatic heterocycles. The molecule has 0 aromatic carbocycles. The van der Waals surface area contributed by atoms with Crippen molar-refractivity contribution in [2.75, 3.05) is 6.61 Å². The maximum absolute atomic E-state index is 13.5. The second kappa shape index (κ2) is 10.9. The lowest BCUT2D eigenvalue weighted by Gasteiger charge is -2.54. The summed E-state index contributed by atoms with van der Waals surface area (Å²) in [4.78, 5) is 26.2. The summed E-state index contributed by atoms with van der Waals surface area (Å²) in [5.74, 6) is 8.24. The van der Waals surface area contributed by atoms with E-state index in [0.29, 0.717) is 27.9 Å². The van der Waals surface area contributed by atoms with Gasteiger partial charge in [0.2, 0.25) is 11.7 Å². The van der Waals surface area contributed by atoms with E-state index in [1.165, 1.54) is 51.4 Å². The molecule has 2 amide bonds. The predicted molar refractivity (Wildman–Crippen MR) is 136 cm³/mol. The quantitative estimate of drug-likeness (QED) is 0.259. The standard InChI is InChI=1S/C25H38N4O4S.ClH/c1-25(2,24(31)28-26)13-32-23-21(34-18-6-4-3-5-7-18)20(33-29-23)22(30)27-19-16-9-14-8-15(11-16)12-17(19)10-14;/h14-19H,3-13,26H2,1-2H3,(H,27,30)(H,28,31);1H. The Bertz CT molecular complexity index is 889. The lowest BCUT2D eigenvalue weighted by molar-refractivity contribution is -0.131. The second-order valence-corrected chi connectivity index (χ2v) is 12.9. The molecule has 4 bridgehead atoms. The van der Waals surface area contributed by atoms with E-state index in [2.05, 4.69) is 15.9 Å². The Morgan fingerprint density at radius 1 is 1.09 bits per heavy atom. The number of hydrogen-bond donors (Lipinski definition) is 3. The summed E-state index contributed by atoms with van der Waals surface area (Å²) in [6, 6.07) is 0.231. The van der Waals surface area contributed by atoms with Crippen molar-refractivity contribution in [1.29, 1.82) is 0 Å². The maximum Gasteiger partial charge on any atom is 0.291 e. The molecule has 6 rings (SSSR count). The maximum atomic E-state index is 13.5. The van der Waals surface area contributed by atoms with Crippen LogP contribution < -0.4 is 21.3 Å². The molecule has 196 valence electrons. The van der Waals surface area contributed by atoms with Gasteiger partial charge >= 0.3 is 0 Å². The lowest BCUT2D eigenvalue weighted by atomic mass is 9.54. The number of amides is 2. The van der Waals surface area contributed by atoms with Gasteiger partial charge in [-0.05, 0) is 87.6 Å². The lowest BCUT2D eigenvalue weighted by Crippen LogP contribution is -2.55. The predicted octanol–water partition coefficient (Wildman–Crippen LogP) is 4.47. The minimum atomic E-state index is -0.844. The Labute approximate surface area is 218 Å². The van der Waals surface area contributed by atoms with Crippen LogP contribution in [0.15, 0.2) is 9.42 Å². The largest absolute Gasteiger partial charge is 0.474 e. The fourth-order valence-electron chi connectivity index (χ4n) is 6.84. The fraction of sp³-hybridized carbons (Fsp3) is 0.800. The number of carbonyl (C=O) groups excluding carboxylic acids is 2. The van der Waals surface area contributed by atoms with Gasteiger partial charge in [0.1, 0.15) is 11.5 Å². The number of ether oxygens (including phenoxy) is 1. The third-order valence-corrected chi connectivity index (χ3v) is 9.90. The van der Waals surface area contributed by atoms with Gasteiger partial charge in [-0.25, -0.2) is 5.84 Å². The van der Waals surface area contributed by atoms with Crippen LogP contribution in [0.1, 0.15) is 88.6 Å². The normalized spacial score (nSPS) is 30.0. The third kappa shape index (κ3) is 5.62. The van der Waals surface area contributed by atoms with Gasteiger partial charge in [0, 0.05) is 11.3 Å². The summed E-state index contributed by atoms with van der Waals surface area (Å²) in [6.07, 6.45) is 12.2. The van der Waals surface area contributed by atoms with Crippen LogP contribution in [0, 0.1) is 29.1 Å². The van der Waals surface area contributed by atoms with Crippen LogP contribution in [0.3, 0.4) is 0 Å². The van der Waals surface area contributed by atoms with Crippen LogP contribution in [0.2, 0.25) is 0 Å². The Balaban J connectivity index is 0.00000289. The molecule has 0 aliphatic heterocycles. The van der Waals surface area contributed by atoms with Crippen molar-refractivity contribution in [2.45, 2.75) is 94.2 Å². The van der Waals surface area contributed by atoms with Gasteiger partial charge in [-0.3, -0.25) is 15.0 Å². The van der Waals surface area contributed by atoms with Crippen molar-refractivity contribution in [3.63, 3.8) is 0 Å². The number of nitrogens with two attached hydrogens (primary N) is 1. The van der Waals surface area contributed by atoms with Crippen molar-refractivity contribution >= 4 is 36.0 Å². The second-order valence-electron chi connectivity index (χ2n) is 11.6. The van der Waals surface area contributed by atoms with E-state index in [-0.39, 0.29) is 42.6 Å². The zero-order valence-electron chi connectivity index (χ0n) is 20.7. The molecule has 10 heteroatoms. The number of nitrogens with one attached hydrogen (secondary N) is 2. The van der Waals surface area contributed by atoms with E-state index < -0.39 is 5.41 Å².